The lowest BCUT2D eigenvalue weighted by Gasteiger charge is -2.31. The predicted octanol–water partition coefficient (Wildman–Crippen LogP) is 1.64. The highest BCUT2D eigenvalue weighted by Crippen LogP contribution is 2.22. The molecule has 1 N–H and O–H groups in total. The number of amides is 2. The molecule has 2 saturated heterocycles. The van der Waals surface area contributed by atoms with Crippen molar-refractivity contribution in [3.8, 4) is 0 Å². The number of nitrogens with one attached hydrogen (secondary N) is 1. The number of rotatable bonds is 2. The maximum Gasteiger partial charge on any atom is 0.323 e. The van der Waals surface area contributed by atoms with Crippen LogP contribution in [0.15, 0.2) is 28.7 Å². The summed E-state index contributed by atoms with van der Waals surface area (Å²) in [5.41, 5.74) is 0.927. The van der Waals surface area contributed by atoms with E-state index in [1.165, 1.54) is 0 Å². The molecule has 1 atom stereocenters. The van der Waals surface area contributed by atoms with Gasteiger partial charge >= 0.3 is 6.03 Å². The van der Waals surface area contributed by atoms with E-state index in [2.05, 4.69) is 26.1 Å². The van der Waals surface area contributed by atoms with Crippen LogP contribution in [0.5, 0.6) is 0 Å². The summed E-state index contributed by atoms with van der Waals surface area (Å²) in [5.74, 6) is 0. The van der Waals surface area contributed by atoms with Crippen LogP contribution in [0.4, 0.5) is 10.5 Å². The van der Waals surface area contributed by atoms with Gasteiger partial charge < -0.3 is 10.1 Å². The first-order valence-corrected chi connectivity index (χ1v) is 7.19. The number of ether oxygens (including phenoxy) is 1. The SMILES string of the molecule is O=C1NC(N2CCOCC2)CN1c1ccc(Br)cc1. The van der Waals surface area contributed by atoms with E-state index in [4.69, 9.17) is 4.74 Å². The minimum atomic E-state index is -0.0289. The number of carbonyl (C=O) groups is 1. The number of carbonyl (C=O) groups excluding carboxylic acids is 1. The summed E-state index contributed by atoms with van der Waals surface area (Å²) in [6, 6.07) is 7.77. The molecule has 2 heterocycles. The fraction of sp³-hybridized carbons (Fsp3) is 0.462. The lowest BCUT2D eigenvalue weighted by Crippen LogP contribution is -2.49. The second kappa shape index (κ2) is 5.48. The summed E-state index contributed by atoms with van der Waals surface area (Å²) in [6.45, 7) is 3.91. The first-order chi connectivity index (χ1) is 9.24. The average Bonchev–Trinajstić information content (AvgIpc) is 2.83. The van der Waals surface area contributed by atoms with Crippen molar-refractivity contribution >= 4 is 27.6 Å². The Labute approximate surface area is 120 Å². The molecule has 1 aromatic rings. The molecule has 5 nitrogen and oxygen atoms in total. The highest BCUT2D eigenvalue weighted by Gasteiger charge is 2.34. The van der Waals surface area contributed by atoms with Crippen LogP contribution in [0.1, 0.15) is 0 Å². The third kappa shape index (κ3) is 2.75. The molecule has 0 spiro atoms. The fourth-order valence-corrected chi connectivity index (χ4v) is 2.73. The van der Waals surface area contributed by atoms with Gasteiger partial charge in [0.05, 0.1) is 19.8 Å². The summed E-state index contributed by atoms with van der Waals surface area (Å²) in [5, 5.41) is 3.03. The van der Waals surface area contributed by atoms with Gasteiger partial charge in [0.2, 0.25) is 0 Å². The molecule has 1 unspecified atom stereocenters. The van der Waals surface area contributed by atoms with E-state index in [9.17, 15) is 4.79 Å². The van der Waals surface area contributed by atoms with Gasteiger partial charge in [-0.2, -0.15) is 0 Å². The second-order valence-electron chi connectivity index (χ2n) is 4.70. The van der Waals surface area contributed by atoms with Crippen molar-refractivity contribution in [1.29, 1.82) is 0 Å². The topological polar surface area (TPSA) is 44.8 Å². The van der Waals surface area contributed by atoms with Crippen molar-refractivity contribution in [3.63, 3.8) is 0 Å². The minimum Gasteiger partial charge on any atom is -0.379 e. The highest BCUT2D eigenvalue weighted by atomic mass is 79.9. The van der Waals surface area contributed by atoms with Crippen LogP contribution in [-0.4, -0.2) is 49.9 Å². The van der Waals surface area contributed by atoms with Crippen LogP contribution >= 0.6 is 15.9 Å². The van der Waals surface area contributed by atoms with Crippen LogP contribution in [0, 0.1) is 0 Å². The Hall–Kier alpha value is -1.11. The number of hydrogen-bond donors (Lipinski definition) is 1. The largest absolute Gasteiger partial charge is 0.379 e. The van der Waals surface area contributed by atoms with Crippen LogP contribution < -0.4 is 10.2 Å². The zero-order valence-electron chi connectivity index (χ0n) is 10.5. The molecule has 2 fully saturated rings. The molecule has 0 radical (unpaired) electrons. The molecule has 2 aliphatic heterocycles. The Morgan fingerprint density at radius 3 is 2.58 bits per heavy atom. The summed E-state index contributed by atoms with van der Waals surface area (Å²) >= 11 is 3.40. The molecule has 2 aliphatic rings. The van der Waals surface area contributed by atoms with E-state index in [0.29, 0.717) is 6.54 Å². The molecule has 0 aromatic heterocycles. The minimum absolute atomic E-state index is 0.0289. The molecule has 0 saturated carbocycles. The van der Waals surface area contributed by atoms with Crippen LogP contribution in [-0.2, 0) is 4.74 Å². The Bertz CT molecular complexity index is 459. The molecular weight excluding hydrogens is 310 g/mol. The first-order valence-electron chi connectivity index (χ1n) is 6.39. The fourth-order valence-electron chi connectivity index (χ4n) is 2.46. The number of morpholine rings is 1. The smallest absolute Gasteiger partial charge is 0.323 e. The molecule has 1 aromatic carbocycles. The van der Waals surface area contributed by atoms with Gasteiger partial charge in [-0.3, -0.25) is 9.80 Å². The molecular formula is C13H16BrN3O2. The van der Waals surface area contributed by atoms with E-state index in [-0.39, 0.29) is 12.2 Å². The molecule has 0 aliphatic carbocycles. The third-order valence-corrected chi connectivity index (χ3v) is 4.04. The summed E-state index contributed by atoms with van der Waals surface area (Å²) in [7, 11) is 0. The molecule has 2 amide bonds. The maximum atomic E-state index is 12.1. The normalized spacial score (nSPS) is 24.6. The number of halogens is 1. The van der Waals surface area contributed by atoms with Crippen molar-refractivity contribution in [2.75, 3.05) is 37.7 Å². The Kier molecular flexibility index (Phi) is 3.72. The van der Waals surface area contributed by atoms with E-state index in [1.807, 2.05) is 24.3 Å². The van der Waals surface area contributed by atoms with Crippen molar-refractivity contribution in [2.24, 2.45) is 0 Å². The predicted molar refractivity (Wildman–Crippen MR) is 76.2 cm³/mol. The lowest BCUT2D eigenvalue weighted by atomic mass is 10.3. The van der Waals surface area contributed by atoms with Crippen molar-refractivity contribution < 1.29 is 9.53 Å². The van der Waals surface area contributed by atoms with E-state index >= 15 is 0 Å². The quantitative estimate of drug-likeness (QED) is 0.899. The van der Waals surface area contributed by atoms with E-state index in [1.54, 1.807) is 4.90 Å². The second-order valence-corrected chi connectivity index (χ2v) is 5.62. The van der Waals surface area contributed by atoms with Gasteiger partial charge in [-0.15, -0.1) is 0 Å². The van der Waals surface area contributed by atoms with Crippen LogP contribution in [0.25, 0.3) is 0 Å². The number of hydrogen-bond acceptors (Lipinski definition) is 3. The van der Waals surface area contributed by atoms with Crippen molar-refractivity contribution in [1.82, 2.24) is 10.2 Å². The molecule has 102 valence electrons. The third-order valence-electron chi connectivity index (χ3n) is 3.52. The van der Waals surface area contributed by atoms with Gasteiger partial charge in [-0.05, 0) is 24.3 Å². The Morgan fingerprint density at radius 2 is 1.89 bits per heavy atom. The zero-order valence-corrected chi connectivity index (χ0v) is 12.1. The number of anilines is 1. The average molecular weight is 326 g/mol. The summed E-state index contributed by atoms with van der Waals surface area (Å²) < 4.78 is 6.35. The van der Waals surface area contributed by atoms with Crippen molar-refractivity contribution in [3.05, 3.63) is 28.7 Å². The monoisotopic (exact) mass is 325 g/mol. The maximum absolute atomic E-state index is 12.1. The van der Waals surface area contributed by atoms with E-state index < -0.39 is 0 Å². The van der Waals surface area contributed by atoms with Gasteiger partial charge in [-0.1, -0.05) is 15.9 Å². The van der Waals surface area contributed by atoms with Gasteiger partial charge in [0.25, 0.3) is 0 Å². The number of benzene rings is 1. The highest BCUT2D eigenvalue weighted by molar-refractivity contribution is 9.10. The molecule has 6 heteroatoms. The summed E-state index contributed by atoms with van der Waals surface area (Å²) in [4.78, 5) is 16.1. The lowest BCUT2D eigenvalue weighted by molar-refractivity contribution is 0.0172. The van der Waals surface area contributed by atoms with Gasteiger partial charge in [0, 0.05) is 23.2 Å². The van der Waals surface area contributed by atoms with Gasteiger partial charge in [0.15, 0.2) is 0 Å². The zero-order chi connectivity index (χ0) is 13.2. The Morgan fingerprint density at radius 1 is 1.21 bits per heavy atom. The number of urea groups is 1. The molecule has 19 heavy (non-hydrogen) atoms. The number of nitrogens with zero attached hydrogens (tertiary/aromatic N) is 2. The van der Waals surface area contributed by atoms with Crippen LogP contribution in [0.3, 0.4) is 0 Å². The standard InChI is InChI=1S/C13H16BrN3O2/c14-10-1-3-11(4-2-10)17-9-12(15-13(17)18)16-5-7-19-8-6-16/h1-4,12H,5-9H2,(H,15,18). The van der Waals surface area contributed by atoms with Gasteiger partial charge in [0.1, 0.15) is 6.17 Å². The van der Waals surface area contributed by atoms with Gasteiger partial charge in [-0.25, -0.2) is 4.79 Å². The molecule has 0 bridgehead atoms. The Balaban J connectivity index is 1.70. The molecule has 3 rings (SSSR count). The van der Waals surface area contributed by atoms with Crippen LogP contribution in [0.2, 0.25) is 0 Å². The first kappa shape index (κ1) is 12.9. The van der Waals surface area contributed by atoms with E-state index in [0.717, 1.165) is 36.5 Å². The summed E-state index contributed by atoms with van der Waals surface area (Å²) in [6.07, 6.45) is 0.0834. The van der Waals surface area contributed by atoms with Crippen molar-refractivity contribution in [2.45, 2.75) is 6.17 Å².